The molecule has 0 saturated heterocycles. The average Bonchev–Trinajstić information content (AvgIpc) is 3.19. The Hall–Kier alpha value is -4.31. The summed E-state index contributed by atoms with van der Waals surface area (Å²) in [7, 11) is 0. The summed E-state index contributed by atoms with van der Waals surface area (Å²) in [6.07, 6.45) is 8.46. The van der Waals surface area contributed by atoms with Crippen molar-refractivity contribution in [1.82, 2.24) is 9.97 Å². The number of carbonyl (C=O) groups is 2. The van der Waals surface area contributed by atoms with E-state index in [1.54, 1.807) is 0 Å². The fraction of sp³-hybridized carbons (Fsp3) is 0.407. The van der Waals surface area contributed by atoms with E-state index in [9.17, 15) is 9.59 Å². The van der Waals surface area contributed by atoms with E-state index in [2.05, 4.69) is 157 Å². The third kappa shape index (κ3) is 13.6. The van der Waals surface area contributed by atoms with Gasteiger partial charge in [0, 0.05) is 44.3 Å². The van der Waals surface area contributed by atoms with Crippen molar-refractivity contribution in [3.8, 4) is 22.5 Å². The predicted molar refractivity (Wildman–Crippen MR) is 247 cm³/mol. The van der Waals surface area contributed by atoms with Crippen molar-refractivity contribution in [2.75, 3.05) is 0 Å². The van der Waals surface area contributed by atoms with Crippen molar-refractivity contribution < 1.29 is 29.7 Å². The molecule has 4 aromatic carbocycles. The number of carbonyl (C=O) groups excluding carboxylic acids is 2. The molecule has 0 aliphatic rings. The number of ketones is 2. The van der Waals surface area contributed by atoms with E-state index in [1.165, 1.54) is 43.8 Å². The van der Waals surface area contributed by atoms with Crippen LogP contribution in [-0.4, -0.2) is 21.5 Å². The van der Waals surface area contributed by atoms with E-state index in [4.69, 9.17) is 0 Å². The van der Waals surface area contributed by atoms with E-state index in [1.807, 2.05) is 33.2 Å². The molecule has 0 spiro atoms. The molecule has 0 fully saturated rings. The van der Waals surface area contributed by atoms with Gasteiger partial charge in [0.25, 0.3) is 0 Å². The molecule has 6 rings (SSSR count). The number of Topliss-reactive ketones (excluding diaryl/α,β-unsaturated/α-hetero) is 2. The summed E-state index contributed by atoms with van der Waals surface area (Å²) in [4.78, 5) is 32.9. The number of fused-ring (bicyclic) bond motifs is 2. The second-order valence-corrected chi connectivity index (χ2v) is 16.6. The van der Waals surface area contributed by atoms with Gasteiger partial charge in [-0.3, -0.25) is 9.59 Å². The van der Waals surface area contributed by atoms with Crippen molar-refractivity contribution in [3.63, 3.8) is 0 Å². The molecule has 0 aliphatic heterocycles. The molecular weight excluding hydrogens is 901 g/mol. The molecule has 0 saturated carbocycles. The van der Waals surface area contributed by atoms with Gasteiger partial charge in [-0.25, -0.2) is 0 Å². The summed E-state index contributed by atoms with van der Waals surface area (Å²) >= 11 is 0. The smallest absolute Gasteiger partial charge is 0.143 e. The summed E-state index contributed by atoms with van der Waals surface area (Å²) in [5, 5.41) is 4.89. The van der Waals surface area contributed by atoms with Crippen molar-refractivity contribution in [2.24, 2.45) is 11.8 Å². The van der Waals surface area contributed by atoms with Gasteiger partial charge in [0.1, 0.15) is 11.6 Å². The van der Waals surface area contributed by atoms with E-state index >= 15 is 0 Å². The van der Waals surface area contributed by atoms with Gasteiger partial charge in [-0.15, -0.1) is 69.8 Å². The summed E-state index contributed by atoms with van der Waals surface area (Å²) in [5.41, 5.74) is 11.7. The molecule has 5 heteroatoms. The van der Waals surface area contributed by atoms with Gasteiger partial charge in [-0.2, -0.15) is 0 Å². The van der Waals surface area contributed by atoms with Gasteiger partial charge in [-0.1, -0.05) is 126 Å². The average molecular weight is 967 g/mol. The number of hydrogen-bond acceptors (Lipinski definition) is 4. The SMILES string of the molecule is CCCC(CC)C(=O)CC(=O)C(CC)CC.Cc1[c-]c(-c2nccc3cc(C(C)C)ccc23)cc(C)c1.Cc1[c-]c(-c2nccc3cc(C(C)C)ccc23)cc(C)c1.[Ir]. The Morgan fingerprint density at radius 2 is 0.966 bits per heavy atom. The van der Waals surface area contributed by atoms with Crippen molar-refractivity contribution in [1.29, 1.82) is 0 Å². The van der Waals surface area contributed by atoms with E-state index < -0.39 is 0 Å². The zero-order valence-electron chi connectivity index (χ0n) is 37.7. The standard InChI is InChI=1S/2C20H20N.C14H26O2.Ir/c2*1-13(2)16-5-6-19-17(12-16)7-8-21-20(19)18-10-14(3)9-15(4)11-18;1-5-9-12(8-4)14(16)10-13(15)11(6-2)7-3;/h2*5-10,12-13H,1-4H3;11-12H,5-10H2,1-4H3;/q2*-1;;. The van der Waals surface area contributed by atoms with E-state index in [-0.39, 0.29) is 49.9 Å². The van der Waals surface area contributed by atoms with Crippen LogP contribution in [0.15, 0.2) is 85.2 Å². The van der Waals surface area contributed by atoms with Crippen molar-refractivity contribution in [2.45, 2.75) is 133 Å². The maximum Gasteiger partial charge on any atom is 0.143 e. The first-order valence-electron chi connectivity index (χ1n) is 21.5. The number of aryl methyl sites for hydroxylation is 4. The summed E-state index contributed by atoms with van der Waals surface area (Å²) in [5.74, 6) is 1.56. The molecule has 2 aromatic heterocycles. The van der Waals surface area contributed by atoms with Crippen LogP contribution in [0.5, 0.6) is 0 Å². The number of hydrogen-bond donors (Lipinski definition) is 0. The number of pyridine rings is 2. The zero-order chi connectivity index (χ0) is 42.5. The fourth-order valence-electron chi connectivity index (χ4n) is 7.73. The van der Waals surface area contributed by atoms with Crippen LogP contribution in [0.1, 0.15) is 139 Å². The van der Waals surface area contributed by atoms with Gasteiger partial charge in [0.2, 0.25) is 0 Å². The minimum absolute atomic E-state index is 0. The number of benzene rings is 4. The molecule has 0 N–H and O–H groups in total. The Balaban J connectivity index is 0.000000238. The Labute approximate surface area is 369 Å². The summed E-state index contributed by atoms with van der Waals surface area (Å²) in [6.45, 7) is 25.4. The minimum Gasteiger partial charge on any atom is -0.304 e. The topological polar surface area (TPSA) is 59.9 Å². The molecule has 0 bridgehead atoms. The van der Waals surface area contributed by atoms with Crippen LogP contribution in [0.25, 0.3) is 44.1 Å². The van der Waals surface area contributed by atoms with Gasteiger partial charge in [0.15, 0.2) is 0 Å². The van der Waals surface area contributed by atoms with Crippen molar-refractivity contribution in [3.05, 3.63) is 131 Å². The molecule has 1 atom stereocenters. The van der Waals surface area contributed by atoms with E-state index in [0.29, 0.717) is 11.8 Å². The molecule has 315 valence electrons. The second-order valence-electron chi connectivity index (χ2n) is 16.6. The molecule has 6 aromatic rings. The van der Waals surface area contributed by atoms with Crippen LogP contribution < -0.4 is 0 Å². The summed E-state index contributed by atoms with van der Waals surface area (Å²) in [6, 6.07) is 33.0. The second kappa shape index (κ2) is 23.5. The maximum absolute atomic E-state index is 11.9. The van der Waals surface area contributed by atoms with Crippen LogP contribution >= 0.6 is 0 Å². The first-order valence-corrected chi connectivity index (χ1v) is 21.5. The molecule has 1 unspecified atom stereocenters. The van der Waals surface area contributed by atoms with Crippen LogP contribution in [-0.2, 0) is 29.7 Å². The number of aromatic nitrogens is 2. The van der Waals surface area contributed by atoms with Crippen LogP contribution in [0.3, 0.4) is 0 Å². The normalized spacial score (nSPS) is 11.5. The van der Waals surface area contributed by atoms with E-state index in [0.717, 1.165) is 65.7 Å². The molecule has 0 amide bonds. The monoisotopic (exact) mass is 967 g/mol. The van der Waals surface area contributed by atoms with Gasteiger partial charge >= 0.3 is 0 Å². The molecule has 0 aliphatic carbocycles. The minimum atomic E-state index is 0. The maximum atomic E-state index is 11.9. The molecule has 59 heavy (non-hydrogen) atoms. The molecule has 1 radical (unpaired) electrons. The first-order chi connectivity index (χ1) is 27.7. The van der Waals surface area contributed by atoms with Crippen LogP contribution in [0.4, 0.5) is 0 Å². The predicted octanol–water partition coefficient (Wildman–Crippen LogP) is 14.7. The molecule has 4 nitrogen and oxygen atoms in total. The third-order valence-electron chi connectivity index (χ3n) is 11.1. The Morgan fingerprint density at radius 1 is 0.559 bits per heavy atom. The van der Waals surface area contributed by atoms with Crippen molar-refractivity contribution >= 4 is 33.1 Å². The first kappa shape index (κ1) is 49.1. The Bertz CT molecular complexity index is 2120. The molecular formula is C54H66IrN2O2-2. The third-order valence-corrected chi connectivity index (χ3v) is 11.1. The summed E-state index contributed by atoms with van der Waals surface area (Å²) < 4.78 is 0. The molecule has 2 heterocycles. The van der Waals surface area contributed by atoms with Gasteiger partial charge < -0.3 is 9.97 Å². The Morgan fingerprint density at radius 3 is 1.32 bits per heavy atom. The van der Waals surface area contributed by atoms with Crippen LogP contribution in [0, 0.1) is 51.7 Å². The number of rotatable bonds is 13. The Kier molecular flexibility index (Phi) is 19.5. The quantitative estimate of drug-likeness (QED) is 0.0855. The van der Waals surface area contributed by atoms with Gasteiger partial charge in [-0.05, 0) is 93.7 Å². The number of nitrogens with zero attached hydrogens (tertiary/aromatic N) is 2. The zero-order valence-corrected chi connectivity index (χ0v) is 40.1. The largest absolute Gasteiger partial charge is 0.304 e. The van der Waals surface area contributed by atoms with Gasteiger partial charge in [0.05, 0.1) is 6.42 Å². The fourth-order valence-corrected chi connectivity index (χ4v) is 7.73. The van der Waals surface area contributed by atoms with Crippen LogP contribution in [0.2, 0.25) is 0 Å².